The van der Waals surface area contributed by atoms with Crippen LogP contribution in [0.2, 0.25) is 0 Å². The molecule has 0 saturated carbocycles. The predicted molar refractivity (Wildman–Crippen MR) is 103 cm³/mol. The second-order valence-corrected chi connectivity index (χ2v) is 8.01. The number of ketones is 1. The van der Waals surface area contributed by atoms with Gasteiger partial charge in [0.05, 0.1) is 24.2 Å². The van der Waals surface area contributed by atoms with E-state index in [0.29, 0.717) is 16.4 Å². The zero-order valence-electron chi connectivity index (χ0n) is 14.9. The predicted octanol–water partition coefficient (Wildman–Crippen LogP) is 4.56. The van der Waals surface area contributed by atoms with E-state index in [0.717, 1.165) is 6.07 Å². The lowest BCUT2D eigenvalue weighted by atomic mass is 9.79. The molecular formula is C21H18F3NO2S. The van der Waals surface area contributed by atoms with Gasteiger partial charge in [0, 0.05) is 22.8 Å². The summed E-state index contributed by atoms with van der Waals surface area (Å²) >= 11 is 1.35. The molecule has 2 heterocycles. The molecule has 2 aromatic carbocycles. The van der Waals surface area contributed by atoms with E-state index in [9.17, 15) is 18.0 Å². The first-order chi connectivity index (χ1) is 13.5. The van der Waals surface area contributed by atoms with Crippen molar-refractivity contribution in [3.05, 3.63) is 71.3 Å². The third kappa shape index (κ3) is 3.26. The van der Waals surface area contributed by atoms with E-state index in [4.69, 9.17) is 4.74 Å². The normalized spacial score (nSPS) is 26.6. The number of thioether (sulfide) groups is 1. The number of hydrogen-bond acceptors (Lipinski definition) is 4. The van der Waals surface area contributed by atoms with Crippen molar-refractivity contribution in [1.29, 1.82) is 0 Å². The van der Waals surface area contributed by atoms with E-state index in [1.165, 1.54) is 23.9 Å². The molecule has 28 heavy (non-hydrogen) atoms. The number of nitrogens with zero attached hydrogens (tertiary/aromatic N) is 1. The van der Waals surface area contributed by atoms with Gasteiger partial charge in [-0.1, -0.05) is 42.5 Å². The zero-order valence-corrected chi connectivity index (χ0v) is 15.7. The average Bonchev–Trinajstić information content (AvgIpc) is 3.09. The Hall–Kier alpha value is -2.12. The Balaban J connectivity index is 1.73. The Morgan fingerprint density at radius 1 is 1.18 bits per heavy atom. The fourth-order valence-electron chi connectivity index (χ4n) is 3.85. The number of halogens is 3. The van der Waals surface area contributed by atoms with Crippen LogP contribution in [-0.4, -0.2) is 36.0 Å². The first-order valence-corrected chi connectivity index (χ1v) is 9.95. The van der Waals surface area contributed by atoms with Crippen LogP contribution in [0.15, 0.2) is 53.5 Å². The molecule has 2 aliphatic rings. The molecule has 1 fully saturated rings. The summed E-state index contributed by atoms with van der Waals surface area (Å²) in [7, 11) is 0. The molecule has 2 aliphatic heterocycles. The summed E-state index contributed by atoms with van der Waals surface area (Å²) in [5.41, 5.74) is -0.609. The van der Waals surface area contributed by atoms with Crippen molar-refractivity contribution < 1.29 is 22.7 Å². The summed E-state index contributed by atoms with van der Waals surface area (Å²) in [5.74, 6) is -2.11. The molecule has 0 radical (unpaired) electrons. The van der Waals surface area contributed by atoms with E-state index in [1.54, 1.807) is 24.3 Å². The van der Waals surface area contributed by atoms with Gasteiger partial charge in [-0.15, -0.1) is 11.8 Å². The maximum absolute atomic E-state index is 14.6. The minimum atomic E-state index is -1.22. The molecule has 0 aromatic heterocycles. The number of aliphatic imine (C=N–C) groups is 1. The fraction of sp³-hybridized carbons (Fsp3) is 0.333. The summed E-state index contributed by atoms with van der Waals surface area (Å²) in [6, 6.07) is 12.7. The highest BCUT2D eigenvalue weighted by Gasteiger charge is 2.54. The van der Waals surface area contributed by atoms with Crippen LogP contribution in [-0.2, 0) is 10.3 Å². The summed E-state index contributed by atoms with van der Waals surface area (Å²) < 4.78 is 47.6. The second kappa shape index (κ2) is 7.72. The fourth-order valence-corrected chi connectivity index (χ4v) is 5.17. The number of carbonyl (C=O) groups excluding carboxylic acids is 1. The van der Waals surface area contributed by atoms with E-state index < -0.39 is 35.9 Å². The van der Waals surface area contributed by atoms with Gasteiger partial charge in [0.2, 0.25) is 0 Å². The quantitative estimate of drug-likeness (QED) is 0.685. The van der Waals surface area contributed by atoms with Gasteiger partial charge in [-0.25, -0.2) is 13.2 Å². The average molecular weight is 405 g/mol. The second-order valence-electron chi connectivity index (χ2n) is 6.92. The molecule has 0 aliphatic carbocycles. The zero-order chi connectivity index (χ0) is 19.7. The Bertz CT molecular complexity index is 921. The Kier molecular flexibility index (Phi) is 5.29. The number of alkyl halides is 1. The lowest BCUT2D eigenvalue weighted by Crippen LogP contribution is -2.41. The van der Waals surface area contributed by atoms with Crippen LogP contribution in [0.4, 0.5) is 13.2 Å². The van der Waals surface area contributed by atoms with Gasteiger partial charge < -0.3 is 4.74 Å². The van der Waals surface area contributed by atoms with Crippen molar-refractivity contribution >= 4 is 22.6 Å². The van der Waals surface area contributed by atoms with Crippen LogP contribution in [0.25, 0.3) is 0 Å². The van der Waals surface area contributed by atoms with Crippen LogP contribution in [0.3, 0.4) is 0 Å². The molecule has 0 N–H and O–H groups in total. The molecule has 4 rings (SSSR count). The topological polar surface area (TPSA) is 38.7 Å². The van der Waals surface area contributed by atoms with E-state index in [2.05, 4.69) is 4.99 Å². The Morgan fingerprint density at radius 2 is 1.96 bits per heavy atom. The van der Waals surface area contributed by atoms with Crippen molar-refractivity contribution in [2.24, 2.45) is 10.9 Å². The van der Waals surface area contributed by atoms with Gasteiger partial charge in [-0.3, -0.25) is 9.79 Å². The highest BCUT2D eigenvalue weighted by Crippen LogP contribution is 2.49. The summed E-state index contributed by atoms with van der Waals surface area (Å²) in [6.45, 7) is -0.770. The van der Waals surface area contributed by atoms with Gasteiger partial charge >= 0.3 is 0 Å². The number of Topliss-reactive ketones (excluding diaryl/α,β-unsaturated/α-hetero) is 1. The maximum Gasteiger partial charge on any atom is 0.169 e. The van der Waals surface area contributed by atoms with Crippen molar-refractivity contribution in [3.8, 4) is 0 Å². The standard InChI is InChI=1S/C21H18F3NO2S/c22-10-18-15-11-28-19(9-17(26)13-5-2-1-3-6-13)25-21(15,12-27-18)14-7-4-8-16(23)20(14)24/h1-8,15,18H,9-12H2/t15-,18-,21?/m1/s1. The highest BCUT2D eigenvalue weighted by atomic mass is 32.2. The highest BCUT2D eigenvalue weighted by molar-refractivity contribution is 8.14. The summed E-state index contributed by atoms with van der Waals surface area (Å²) in [5, 5.41) is 0.525. The largest absolute Gasteiger partial charge is 0.372 e. The molecule has 0 spiro atoms. The van der Waals surface area contributed by atoms with Crippen molar-refractivity contribution in [1.82, 2.24) is 0 Å². The number of rotatable bonds is 5. The molecule has 3 atom stereocenters. The van der Waals surface area contributed by atoms with E-state index in [-0.39, 0.29) is 24.4 Å². The van der Waals surface area contributed by atoms with Gasteiger partial charge in [-0.05, 0) is 6.07 Å². The Morgan fingerprint density at radius 3 is 2.71 bits per heavy atom. The lowest BCUT2D eigenvalue weighted by molar-refractivity contribution is 0.0720. The van der Waals surface area contributed by atoms with Crippen molar-refractivity contribution in [3.63, 3.8) is 0 Å². The molecule has 2 aromatic rings. The number of carbonyl (C=O) groups is 1. The third-order valence-electron chi connectivity index (χ3n) is 5.31. The molecule has 1 saturated heterocycles. The minimum Gasteiger partial charge on any atom is -0.372 e. The molecule has 1 unspecified atom stereocenters. The molecule has 3 nitrogen and oxygen atoms in total. The molecular weight excluding hydrogens is 387 g/mol. The van der Waals surface area contributed by atoms with Crippen LogP contribution < -0.4 is 0 Å². The number of hydrogen-bond donors (Lipinski definition) is 0. The monoisotopic (exact) mass is 405 g/mol. The maximum atomic E-state index is 14.6. The molecule has 0 amide bonds. The summed E-state index contributed by atoms with van der Waals surface area (Å²) in [4.78, 5) is 17.2. The lowest BCUT2D eigenvalue weighted by Gasteiger charge is -2.36. The van der Waals surface area contributed by atoms with Crippen LogP contribution in [0, 0.1) is 17.6 Å². The first-order valence-electron chi connectivity index (χ1n) is 8.97. The van der Waals surface area contributed by atoms with E-state index >= 15 is 0 Å². The Labute approximate surface area is 165 Å². The van der Waals surface area contributed by atoms with Gasteiger partial charge in [0.25, 0.3) is 0 Å². The van der Waals surface area contributed by atoms with Gasteiger partial charge in [0.1, 0.15) is 12.2 Å². The smallest absolute Gasteiger partial charge is 0.169 e. The van der Waals surface area contributed by atoms with Crippen LogP contribution in [0.1, 0.15) is 22.3 Å². The molecule has 146 valence electrons. The number of benzene rings is 2. The number of fused-ring (bicyclic) bond motifs is 1. The van der Waals surface area contributed by atoms with E-state index in [1.807, 2.05) is 6.07 Å². The summed E-state index contributed by atoms with van der Waals surface area (Å²) in [6.07, 6.45) is -0.675. The van der Waals surface area contributed by atoms with Gasteiger partial charge in [-0.2, -0.15) is 0 Å². The van der Waals surface area contributed by atoms with Gasteiger partial charge in [0.15, 0.2) is 17.4 Å². The van der Waals surface area contributed by atoms with Crippen LogP contribution in [0.5, 0.6) is 0 Å². The van der Waals surface area contributed by atoms with Crippen molar-refractivity contribution in [2.75, 3.05) is 19.0 Å². The SMILES string of the molecule is O=C(CC1=NC2(c3cccc(F)c3F)CO[C@H](CF)[C@H]2CS1)c1ccccc1. The van der Waals surface area contributed by atoms with Crippen LogP contribution >= 0.6 is 11.8 Å². The molecule has 7 heteroatoms. The van der Waals surface area contributed by atoms with Crippen molar-refractivity contribution in [2.45, 2.75) is 18.1 Å². The first kappa shape index (κ1) is 19.2. The number of ether oxygens (including phenoxy) is 1. The minimum absolute atomic E-state index is 0.0454. The third-order valence-corrected chi connectivity index (χ3v) is 6.41. The molecule has 0 bridgehead atoms.